The van der Waals surface area contributed by atoms with Gasteiger partial charge in [0.2, 0.25) is 5.91 Å². The Morgan fingerprint density at radius 2 is 1.96 bits per heavy atom. The van der Waals surface area contributed by atoms with Crippen molar-refractivity contribution in [3.05, 3.63) is 64.2 Å². The molecular formula is C21H20N4O3. The second-order valence-corrected chi connectivity index (χ2v) is 7.00. The Morgan fingerprint density at radius 1 is 1.14 bits per heavy atom. The lowest BCUT2D eigenvalue weighted by Crippen LogP contribution is -2.24. The molecule has 142 valence electrons. The van der Waals surface area contributed by atoms with Crippen LogP contribution in [0.3, 0.4) is 0 Å². The first-order valence-corrected chi connectivity index (χ1v) is 9.12. The zero-order chi connectivity index (χ0) is 19.8. The summed E-state index contributed by atoms with van der Waals surface area (Å²) in [4.78, 5) is 42.7. The summed E-state index contributed by atoms with van der Waals surface area (Å²) < 4.78 is 1.40. The number of hydrogen-bond acceptors (Lipinski definition) is 4. The zero-order valence-corrected chi connectivity index (χ0v) is 15.7. The maximum absolute atomic E-state index is 12.6. The lowest BCUT2D eigenvalue weighted by atomic mass is 10.1. The fraction of sp³-hybridized carbons (Fsp3) is 0.238. The standard InChI is InChI=1S/C21H20N4O3/c1-13-10-15(6-8-18(13)25-9-3-4-19(25)26)23-20(27)14-5-7-16-17(11-14)22-12-24(2)21(16)28/h5-8,10-12H,3-4,9H2,1-2H3,(H,23,27). The molecule has 1 aliphatic heterocycles. The van der Waals surface area contributed by atoms with Crippen molar-refractivity contribution in [2.24, 2.45) is 7.05 Å². The quantitative estimate of drug-likeness (QED) is 0.762. The zero-order valence-electron chi connectivity index (χ0n) is 15.7. The van der Waals surface area contributed by atoms with Gasteiger partial charge < -0.3 is 14.8 Å². The van der Waals surface area contributed by atoms with Crippen LogP contribution < -0.4 is 15.8 Å². The molecule has 1 saturated heterocycles. The predicted octanol–water partition coefficient (Wildman–Crippen LogP) is 2.62. The van der Waals surface area contributed by atoms with Crippen molar-refractivity contribution in [3.63, 3.8) is 0 Å². The minimum absolute atomic E-state index is 0.134. The van der Waals surface area contributed by atoms with Gasteiger partial charge in [0, 0.05) is 37.0 Å². The number of benzene rings is 2. The van der Waals surface area contributed by atoms with Gasteiger partial charge in [-0.25, -0.2) is 4.98 Å². The molecule has 28 heavy (non-hydrogen) atoms. The number of aromatic nitrogens is 2. The van der Waals surface area contributed by atoms with Gasteiger partial charge in [-0.05, 0) is 55.3 Å². The molecule has 0 spiro atoms. The number of hydrogen-bond donors (Lipinski definition) is 1. The molecule has 0 aliphatic carbocycles. The third kappa shape index (κ3) is 3.15. The van der Waals surface area contributed by atoms with Crippen LogP contribution in [0.2, 0.25) is 0 Å². The summed E-state index contributed by atoms with van der Waals surface area (Å²) in [5.74, 6) is -0.150. The van der Waals surface area contributed by atoms with Crippen molar-refractivity contribution in [1.29, 1.82) is 0 Å². The molecule has 7 heteroatoms. The largest absolute Gasteiger partial charge is 0.322 e. The summed E-state index contributed by atoms with van der Waals surface area (Å²) in [7, 11) is 1.64. The lowest BCUT2D eigenvalue weighted by molar-refractivity contribution is -0.117. The van der Waals surface area contributed by atoms with Crippen LogP contribution in [0.15, 0.2) is 47.5 Å². The molecule has 1 fully saturated rings. The van der Waals surface area contributed by atoms with Crippen molar-refractivity contribution in [2.75, 3.05) is 16.8 Å². The van der Waals surface area contributed by atoms with E-state index in [2.05, 4.69) is 10.3 Å². The third-order valence-electron chi connectivity index (χ3n) is 5.00. The van der Waals surface area contributed by atoms with Gasteiger partial charge in [-0.15, -0.1) is 0 Å². The number of fused-ring (bicyclic) bond motifs is 1. The summed E-state index contributed by atoms with van der Waals surface area (Å²) in [5.41, 5.74) is 3.21. The topological polar surface area (TPSA) is 84.3 Å². The van der Waals surface area contributed by atoms with E-state index in [4.69, 9.17) is 0 Å². The van der Waals surface area contributed by atoms with Crippen LogP contribution in [0.4, 0.5) is 11.4 Å². The van der Waals surface area contributed by atoms with Crippen molar-refractivity contribution in [1.82, 2.24) is 9.55 Å². The van der Waals surface area contributed by atoms with Crippen LogP contribution in [0, 0.1) is 6.92 Å². The van der Waals surface area contributed by atoms with Crippen LogP contribution in [0.5, 0.6) is 0 Å². The van der Waals surface area contributed by atoms with Gasteiger partial charge in [0.25, 0.3) is 11.5 Å². The summed E-state index contributed by atoms with van der Waals surface area (Å²) in [6, 6.07) is 10.3. The monoisotopic (exact) mass is 376 g/mol. The van der Waals surface area contributed by atoms with Crippen LogP contribution in [-0.4, -0.2) is 27.9 Å². The van der Waals surface area contributed by atoms with E-state index in [1.807, 2.05) is 19.1 Å². The highest BCUT2D eigenvalue weighted by atomic mass is 16.2. The molecule has 0 atom stereocenters. The van der Waals surface area contributed by atoms with E-state index in [1.165, 1.54) is 10.9 Å². The average Bonchev–Trinajstić information content (AvgIpc) is 3.10. The van der Waals surface area contributed by atoms with Crippen LogP contribution in [0.25, 0.3) is 10.9 Å². The second-order valence-electron chi connectivity index (χ2n) is 7.00. The van der Waals surface area contributed by atoms with Crippen molar-refractivity contribution in [2.45, 2.75) is 19.8 Å². The van der Waals surface area contributed by atoms with Gasteiger partial charge in [0.05, 0.1) is 17.2 Å². The Bertz CT molecular complexity index is 1170. The molecule has 2 heterocycles. The molecule has 1 aromatic heterocycles. The molecule has 1 N–H and O–H groups in total. The number of nitrogens with one attached hydrogen (secondary N) is 1. The van der Waals surface area contributed by atoms with Crippen molar-refractivity contribution < 1.29 is 9.59 Å². The Balaban J connectivity index is 1.57. The third-order valence-corrected chi connectivity index (χ3v) is 5.00. The molecule has 4 rings (SSSR count). The number of rotatable bonds is 3. The fourth-order valence-corrected chi connectivity index (χ4v) is 3.49. The highest BCUT2D eigenvalue weighted by molar-refractivity contribution is 6.06. The molecule has 7 nitrogen and oxygen atoms in total. The maximum Gasteiger partial charge on any atom is 0.260 e. The lowest BCUT2D eigenvalue weighted by Gasteiger charge is -2.19. The summed E-state index contributed by atoms with van der Waals surface area (Å²) in [6.07, 6.45) is 2.89. The fourth-order valence-electron chi connectivity index (χ4n) is 3.49. The first kappa shape index (κ1) is 17.9. The van der Waals surface area contributed by atoms with Crippen LogP contribution in [0.1, 0.15) is 28.8 Å². The molecular weight excluding hydrogens is 356 g/mol. The number of carbonyl (C=O) groups is 2. The highest BCUT2D eigenvalue weighted by Crippen LogP contribution is 2.27. The maximum atomic E-state index is 12.6. The SMILES string of the molecule is Cc1cc(NC(=O)c2ccc3c(=O)n(C)cnc3c2)ccc1N1CCCC1=O. The highest BCUT2D eigenvalue weighted by Gasteiger charge is 2.23. The van der Waals surface area contributed by atoms with Gasteiger partial charge in [-0.3, -0.25) is 14.4 Å². The summed E-state index contributed by atoms with van der Waals surface area (Å²) >= 11 is 0. The van der Waals surface area contributed by atoms with E-state index in [0.717, 1.165) is 24.2 Å². The molecule has 2 amide bonds. The summed E-state index contributed by atoms with van der Waals surface area (Å²) in [5, 5.41) is 3.33. The normalized spacial score (nSPS) is 13.9. The average molecular weight is 376 g/mol. The van der Waals surface area contributed by atoms with Crippen molar-refractivity contribution >= 4 is 34.1 Å². The molecule has 0 radical (unpaired) electrons. The first-order valence-electron chi connectivity index (χ1n) is 9.12. The van der Waals surface area contributed by atoms with E-state index in [-0.39, 0.29) is 17.4 Å². The number of aryl methyl sites for hydroxylation is 2. The Labute approximate surface area is 161 Å². The molecule has 0 bridgehead atoms. The van der Waals surface area contributed by atoms with E-state index in [9.17, 15) is 14.4 Å². The van der Waals surface area contributed by atoms with Gasteiger partial charge in [-0.2, -0.15) is 0 Å². The van der Waals surface area contributed by atoms with E-state index in [0.29, 0.717) is 28.6 Å². The van der Waals surface area contributed by atoms with Crippen molar-refractivity contribution in [3.8, 4) is 0 Å². The summed E-state index contributed by atoms with van der Waals surface area (Å²) in [6.45, 7) is 2.65. The van der Waals surface area contributed by atoms with Gasteiger partial charge in [-0.1, -0.05) is 0 Å². The number of nitrogens with zero attached hydrogens (tertiary/aromatic N) is 3. The Kier molecular flexibility index (Phi) is 4.43. The van der Waals surface area contributed by atoms with Crippen LogP contribution >= 0.6 is 0 Å². The number of anilines is 2. The minimum atomic E-state index is -0.284. The number of amides is 2. The Morgan fingerprint density at radius 3 is 2.68 bits per heavy atom. The van der Waals surface area contributed by atoms with Gasteiger partial charge >= 0.3 is 0 Å². The van der Waals surface area contributed by atoms with Gasteiger partial charge in [0.15, 0.2) is 0 Å². The van der Waals surface area contributed by atoms with E-state index >= 15 is 0 Å². The van der Waals surface area contributed by atoms with E-state index < -0.39 is 0 Å². The van der Waals surface area contributed by atoms with Gasteiger partial charge in [0.1, 0.15) is 0 Å². The molecule has 3 aromatic rings. The molecule has 0 unspecified atom stereocenters. The Hall–Kier alpha value is -3.48. The molecule has 0 saturated carbocycles. The predicted molar refractivity (Wildman–Crippen MR) is 108 cm³/mol. The van der Waals surface area contributed by atoms with Crippen LogP contribution in [-0.2, 0) is 11.8 Å². The first-order chi connectivity index (χ1) is 13.4. The number of carbonyl (C=O) groups excluding carboxylic acids is 2. The second kappa shape index (κ2) is 6.92. The molecule has 1 aliphatic rings. The van der Waals surface area contributed by atoms with E-state index in [1.54, 1.807) is 36.2 Å². The minimum Gasteiger partial charge on any atom is -0.322 e. The smallest absolute Gasteiger partial charge is 0.260 e. The molecule has 2 aromatic carbocycles.